The predicted molar refractivity (Wildman–Crippen MR) is 487 cm³/mol. The van der Waals surface area contributed by atoms with Crippen molar-refractivity contribution >= 4 is 77.4 Å². The van der Waals surface area contributed by atoms with Crippen LogP contribution in [0.25, 0.3) is 105 Å². The minimum absolute atomic E-state index is 0.0830. The normalized spacial score (nSPS) is 11.5. The Morgan fingerprint density at radius 1 is 0.248 bits per heavy atom. The molecule has 0 aliphatic carbocycles. The van der Waals surface area contributed by atoms with E-state index in [1.807, 2.05) is 24.3 Å². The van der Waals surface area contributed by atoms with Crippen LogP contribution >= 0.6 is 0 Å². The molecule has 5 heteroatoms. The Morgan fingerprint density at radius 2 is 0.575 bits per heavy atom. The third kappa shape index (κ3) is 17.5. The number of rotatable bonds is 7. The van der Waals surface area contributed by atoms with Crippen LogP contribution in [0.4, 0.5) is 22.7 Å². The molecule has 0 spiro atoms. The highest BCUT2D eigenvalue weighted by Crippen LogP contribution is 2.48. The first kappa shape index (κ1) is 76.0. The fraction of sp³-hybridized carbons (Fsp3) is 0.0926. The zero-order valence-corrected chi connectivity index (χ0v) is 66.2. The van der Waals surface area contributed by atoms with Gasteiger partial charge in [0.05, 0.1) is 11.0 Å². The molecule has 5 nitrogen and oxygen atoms in total. The summed E-state index contributed by atoms with van der Waals surface area (Å²) in [6, 6.07) is 149. The van der Waals surface area contributed by atoms with Gasteiger partial charge in [-0.1, -0.05) is 371 Å². The number of para-hydroxylation sites is 9. The first-order valence-electron chi connectivity index (χ1n) is 39.0. The average molecular weight is 1460 g/mol. The van der Waals surface area contributed by atoms with Crippen molar-refractivity contribution < 1.29 is 0 Å². The molecule has 0 amide bonds. The minimum atomic E-state index is 0.0830. The van der Waals surface area contributed by atoms with E-state index < -0.39 is 0 Å². The maximum Gasteiger partial charge on any atom is 0.126 e. The molecule has 16 aromatic carbocycles. The number of hydrogen-bond donors (Lipinski definition) is 0. The third-order valence-electron chi connectivity index (χ3n) is 21.3. The van der Waals surface area contributed by atoms with Crippen molar-refractivity contribution in [3.05, 3.63) is 452 Å². The number of hydrogen-bond acceptors (Lipinski definition) is 2. The molecule has 0 saturated carbocycles. The lowest BCUT2D eigenvalue weighted by Gasteiger charge is -2.40. The lowest BCUT2D eigenvalue weighted by Crippen LogP contribution is -2.30. The lowest BCUT2D eigenvalue weighted by molar-refractivity contribution is 0.629. The summed E-state index contributed by atoms with van der Waals surface area (Å²) in [6.07, 6.45) is 0. The molecule has 4 heterocycles. The summed E-state index contributed by atoms with van der Waals surface area (Å²) in [4.78, 5) is 4.45. The smallest absolute Gasteiger partial charge is 0.126 e. The molecule has 0 radical (unpaired) electrons. The Morgan fingerprint density at radius 3 is 1.03 bits per heavy atom. The average Bonchev–Trinajstić information content (AvgIpc) is 1.70. The van der Waals surface area contributed by atoms with E-state index in [0.29, 0.717) is 0 Å². The largest absolute Gasteiger partial charge is 0.345 e. The molecule has 1 aliphatic rings. The molecule has 0 fully saturated rings. The summed E-state index contributed by atoms with van der Waals surface area (Å²) in [5.41, 5.74) is 29.6. The zero-order valence-electron chi connectivity index (χ0n) is 66.2. The highest BCUT2D eigenvalue weighted by Gasteiger charge is 2.34. The second-order valence-electron chi connectivity index (χ2n) is 29.3. The van der Waals surface area contributed by atoms with Crippen LogP contribution in [-0.2, 0) is 19.5 Å². The van der Waals surface area contributed by atoms with Crippen LogP contribution in [0.3, 0.4) is 0 Å². The van der Waals surface area contributed by atoms with Crippen LogP contribution < -0.4 is 9.80 Å². The Hall–Kier alpha value is -13.7. The van der Waals surface area contributed by atoms with Crippen molar-refractivity contribution in [2.45, 2.75) is 40.0 Å². The molecule has 0 N–H and O–H groups in total. The van der Waals surface area contributed by atoms with Crippen molar-refractivity contribution in [2.24, 2.45) is 14.1 Å². The van der Waals surface area contributed by atoms with Gasteiger partial charge in [-0.15, -0.1) is 0 Å². The molecule has 1 aliphatic heterocycles. The van der Waals surface area contributed by atoms with E-state index in [-0.39, 0.29) is 5.41 Å². The summed E-state index contributed by atoms with van der Waals surface area (Å²) in [5, 5.41) is 6.64. The molecule has 20 rings (SSSR count). The van der Waals surface area contributed by atoms with Crippen molar-refractivity contribution in [1.29, 1.82) is 0 Å². The van der Waals surface area contributed by atoms with Crippen molar-refractivity contribution in [3.8, 4) is 50.2 Å². The number of benzene rings is 16. The Labute approximate surface area is 667 Å². The van der Waals surface area contributed by atoms with Crippen molar-refractivity contribution in [1.82, 2.24) is 13.7 Å². The minimum Gasteiger partial charge on any atom is -0.345 e. The molecule has 19 aromatic rings. The van der Waals surface area contributed by atoms with Gasteiger partial charge in [-0.3, -0.25) is 4.57 Å². The molecule has 0 bridgehead atoms. The van der Waals surface area contributed by atoms with E-state index in [9.17, 15) is 0 Å². The molecule has 3 aromatic heterocycles. The van der Waals surface area contributed by atoms with Crippen molar-refractivity contribution in [3.63, 3.8) is 0 Å². The van der Waals surface area contributed by atoms with Crippen molar-refractivity contribution in [2.75, 3.05) is 23.9 Å². The maximum absolute atomic E-state index is 2.37. The molecule has 0 unspecified atom stereocenters. The van der Waals surface area contributed by atoms with E-state index in [4.69, 9.17) is 0 Å². The zero-order chi connectivity index (χ0) is 78.1. The van der Waals surface area contributed by atoms with Gasteiger partial charge in [-0.05, 0) is 161 Å². The topological polar surface area (TPSA) is 21.3 Å². The number of aromatic nitrogens is 3. The number of nitrogens with zero attached hydrogens (tertiary/aromatic N) is 5. The Kier molecular flexibility index (Phi) is 24.1. The van der Waals surface area contributed by atoms with Gasteiger partial charge in [0.15, 0.2) is 0 Å². The third-order valence-corrected chi connectivity index (χ3v) is 21.3. The molecular formula is C108H97N5. The Balaban J connectivity index is 0.000000110. The second-order valence-corrected chi connectivity index (χ2v) is 29.3. The van der Waals surface area contributed by atoms with Gasteiger partial charge < -0.3 is 18.9 Å². The van der Waals surface area contributed by atoms with Crippen LogP contribution in [0.2, 0.25) is 0 Å². The quantitative estimate of drug-likeness (QED) is 0.159. The van der Waals surface area contributed by atoms with Gasteiger partial charge in [0, 0.05) is 100 Å². The van der Waals surface area contributed by atoms with Gasteiger partial charge in [0.1, 0.15) is 5.65 Å². The SMILES string of the molecule is CN(c1ccccc1)c1ccccc1.CN1c2ccccc2C(C)(C)c2ccccc21.Cc1cc(-c2ccccc2)cc(-c2ccccc2)c1.Cc1ccc(-c2ccccc2)cc1.Cc1cccc(-c2ccccc2)c1.Cn1c2ccccc2c2c3ccccc3n(-c3ccccc3)c21.Cn1c2ccccc2c2ccccc21. The number of anilines is 4. The van der Waals surface area contributed by atoms with E-state index in [0.717, 1.165) is 0 Å². The molecule has 113 heavy (non-hydrogen) atoms. The highest BCUT2D eigenvalue weighted by atomic mass is 15.1. The van der Waals surface area contributed by atoms with E-state index in [1.54, 1.807) is 0 Å². The van der Waals surface area contributed by atoms with Crippen LogP contribution in [0.5, 0.6) is 0 Å². The van der Waals surface area contributed by atoms with Gasteiger partial charge >= 0.3 is 0 Å². The van der Waals surface area contributed by atoms with Gasteiger partial charge in [-0.2, -0.15) is 0 Å². The fourth-order valence-corrected chi connectivity index (χ4v) is 15.4. The molecular weight excluding hydrogens is 1370 g/mol. The summed E-state index contributed by atoms with van der Waals surface area (Å²) >= 11 is 0. The molecule has 0 saturated heterocycles. The molecule has 0 atom stereocenters. The summed E-state index contributed by atoms with van der Waals surface area (Å²) < 4.78 is 6.91. The number of aryl methyl sites for hydroxylation is 5. The molecule has 554 valence electrons. The van der Waals surface area contributed by atoms with Crippen LogP contribution in [0.1, 0.15) is 41.7 Å². The van der Waals surface area contributed by atoms with E-state index in [1.165, 1.54) is 155 Å². The highest BCUT2D eigenvalue weighted by molar-refractivity contribution is 6.21. The summed E-state index contributed by atoms with van der Waals surface area (Å²) in [7, 11) is 8.49. The first-order valence-corrected chi connectivity index (χ1v) is 39.0. The van der Waals surface area contributed by atoms with Crippen LogP contribution in [-0.4, -0.2) is 27.8 Å². The van der Waals surface area contributed by atoms with Gasteiger partial charge in [0.25, 0.3) is 0 Å². The number of fused-ring (bicyclic) bond motifs is 10. The van der Waals surface area contributed by atoms with E-state index in [2.05, 4.69) is 487 Å². The van der Waals surface area contributed by atoms with Crippen LogP contribution in [0, 0.1) is 20.8 Å². The predicted octanol–water partition coefficient (Wildman–Crippen LogP) is 28.8. The summed E-state index contributed by atoms with van der Waals surface area (Å²) in [6.45, 7) is 11.0. The van der Waals surface area contributed by atoms with E-state index >= 15 is 0 Å². The summed E-state index contributed by atoms with van der Waals surface area (Å²) in [5.74, 6) is 0. The van der Waals surface area contributed by atoms with Gasteiger partial charge in [0.2, 0.25) is 0 Å². The first-order chi connectivity index (χ1) is 55.3. The fourth-order valence-electron chi connectivity index (χ4n) is 15.4. The van der Waals surface area contributed by atoms with Crippen LogP contribution in [0.15, 0.2) is 425 Å². The maximum atomic E-state index is 2.37. The van der Waals surface area contributed by atoms with Gasteiger partial charge in [-0.25, -0.2) is 0 Å². The second kappa shape index (κ2) is 35.7. The Bertz CT molecular complexity index is 6060. The monoisotopic (exact) mass is 1460 g/mol. The standard InChI is InChI=1S/C21H16N2.C19H16.C16H17N.C13H11N.C13H13N.2C13H12/c1-22-18-13-7-5-11-16(18)20-17-12-6-8-14-19(17)23(21(20)22)15-9-3-2-4-10-15;1-15-12-18(16-8-4-2-5-9-16)14-19(13-15)17-10-6-3-7-11-17;1-16(2)12-8-4-6-10-14(12)17(3)15-11-7-5-9-13(15)16;1-14-12-8-4-2-6-10(12)11-7-3-5-9-13(11)14;1-14(12-8-4-2-5-9-12)13-10-6-3-7-11-13;1-11-6-5-9-13(10-11)12-7-3-2-4-8-12;1-11-7-9-13(10-8-11)12-5-3-2-4-6-12/h2-14H,1H3;2-14H,1H3;4-11H,1-3H3;2-9H,1H3;2-11H,1H3;2*2-10H,1H3. The lowest BCUT2D eigenvalue weighted by atomic mass is 9.74.